The van der Waals surface area contributed by atoms with Crippen LogP contribution in [0.3, 0.4) is 0 Å². The van der Waals surface area contributed by atoms with Crippen molar-refractivity contribution in [3.63, 3.8) is 0 Å². The van der Waals surface area contributed by atoms with Crippen molar-refractivity contribution in [2.45, 2.75) is 25.8 Å². The zero-order chi connectivity index (χ0) is 13.4. The van der Waals surface area contributed by atoms with Crippen LogP contribution in [0.2, 0.25) is 0 Å². The fourth-order valence-electron chi connectivity index (χ4n) is 1.95. The van der Waals surface area contributed by atoms with Gasteiger partial charge in [-0.15, -0.1) is 0 Å². The van der Waals surface area contributed by atoms with Crippen LogP contribution in [-0.2, 0) is 9.59 Å². The summed E-state index contributed by atoms with van der Waals surface area (Å²) in [5, 5.41) is 11.8. The van der Waals surface area contributed by atoms with E-state index in [1.807, 2.05) is 21.0 Å². The molecule has 6 heteroatoms. The lowest BCUT2D eigenvalue weighted by Crippen LogP contribution is -3.11. The Morgan fingerprint density at radius 3 is 2.33 bits per heavy atom. The molecular formula is C12H23BrN2O3. The van der Waals surface area contributed by atoms with E-state index in [2.05, 4.69) is 11.9 Å². The molecule has 0 aliphatic carbocycles. The van der Waals surface area contributed by atoms with Crippen LogP contribution >= 0.6 is 0 Å². The number of carbonyl (C=O) groups excluding carboxylic acids is 1. The van der Waals surface area contributed by atoms with Gasteiger partial charge < -0.3 is 32.3 Å². The Morgan fingerprint density at radius 1 is 1.44 bits per heavy atom. The lowest BCUT2D eigenvalue weighted by molar-refractivity contribution is -0.889. The molecule has 3 N–H and O–H groups in total. The summed E-state index contributed by atoms with van der Waals surface area (Å²) in [4.78, 5) is 23.2. The van der Waals surface area contributed by atoms with E-state index in [0.717, 1.165) is 4.90 Å². The summed E-state index contributed by atoms with van der Waals surface area (Å²) in [6.07, 6.45) is 2.46. The molecule has 0 aromatic rings. The number of hydrogen-bond donors (Lipinski definition) is 3. The number of rotatable bonds is 8. The summed E-state index contributed by atoms with van der Waals surface area (Å²) >= 11 is 0. The first-order valence-electron chi connectivity index (χ1n) is 5.87. The first kappa shape index (κ1) is 19.5. The van der Waals surface area contributed by atoms with E-state index >= 15 is 0 Å². The molecule has 0 aliphatic heterocycles. The molecule has 1 amide bonds. The Labute approximate surface area is 119 Å². The van der Waals surface area contributed by atoms with E-state index < -0.39 is 5.97 Å². The molecule has 2 atom stereocenters. The van der Waals surface area contributed by atoms with Crippen LogP contribution in [-0.4, -0.2) is 43.7 Å². The van der Waals surface area contributed by atoms with E-state index in [9.17, 15) is 9.59 Å². The lowest BCUT2D eigenvalue weighted by Gasteiger charge is -2.26. The number of carbonyl (C=O) groups is 2. The van der Waals surface area contributed by atoms with E-state index in [1.165, 1.54) is 6.08 Å². The zero-order valence-electron chi connectivity index (χ0n) is 11.2. The van der Waals surface area contributed by atoms with E-state index in [1.54, 1.807) is 0 Å². The van der Waals surface area contributed by atoms with Gasteiger partial charge in [0.15, 0.2) is 0 Å². The van der Waals surface area contributed by atoms with E-state index in [4.69, 9.17) is 5.11 Å². The fraction of sp³-hybridized carbons (Fsp3) is 0.667. The van der Waals surface area contributed by atoms with Crippen LogP contribution < -0.4 is 27.2 Å². The largest absolute Gasteiger partial charge is 1.00 e. The van der Waals surface area contributed by atoms with Gasteiger partial charge in [-0.25, -0.2) is 0 Å². The summed E-state index contributed by atoms with van der Waals surface area (Å²) in [5.74, 6) is -1.37. The Balaban J connectivity index is 0. The van der Waals surface area contributed by atoms with E-state index in [0.29, 0.717) is 19.4 Å². The highest BCUT2D eigenvalue weighted by molar-refractivity contribution is 5.86. The number of aliphatic carboxylic acids is 1. The molecule has 18 heavy (non-hydrogen) atoms. The number of carboxylic acids is 1. The standard InChI is InChI=1S/C12H22N2O3.BrH/c1-5-9(12(16)17)10(14(3)4)7-8-13-11(15)6-2;/h6,9-10H,2,5,7-8H2,1,3-4H3,(H,13,15)(H,16,17);1H. The summed E-state index contributed by atoms with van der Waals surface area (Å²) < 4.78 is 0. The van der Waals surface area contributed by atoms with Crippen LogP contribution in [0.25, 0.3) is 0 Å². The number of carboxylic acid groups (broad SMARTS) is 1. The van der Waals surface area contributed by atoms with Crippen molar-refractivity contribution in [1.29, 1.82) is 0 Å². The fourth-order valence-corrected chi connectivity index (χ4v) is 1.95. The lowest BCUT2D eigenvalue weighted by atomic mass is 9.93. The molecule has 0 fully saturated rings. The Kier molecular flexibility index (Phi) is 10.9. The van der Waals surface area contributed by atoms with Gasteiger partial charge in [0.05, 0.1) is 14.1 Å². The third kappa shape index (κ3) is 6.76. The third-order valence-corrected chi connectivity index (χ3v) is 2.92. The Hall–Kier alpha value is -0.880. The van der Waals surface area contributed by atoms with Gasteiger partial charge in [0.2, 0.25) is 5.91 Å². The number of halogens is 1. The minimum atomic E-state index is -0.770. The smallest absolute Gasteiger partial charge is 0.312 e. The molecule has 0 aliphatic rings. The van der Waals surface area contributed by atoms with Crippen molar-refractivity contribution < 1.29 is 36.6 Å². The Morgan fingerprint density at radius 2 is 2.00 bits per heavy atom. The second-order valence-electron chi connectivity index (χ2n) is 4.32. The molecule has 0 aromatic heterocycles. The number of quaternary nitrogens is 1. The van der Waals surface area contributed by atoms with Crippen LogP contribution in [0.4, 0.5) is 0 Å². The molecule has 0 aromatic carbocycles. The van der Waals surface area contributed by atoms with Crippen LogP contribution in [0.1, 0.15) is 19.8 Å². The van der Waals surface area contributed by atoms with Crippen molar-refractivity contribution in [1.82, 2.24) is 5.32 Å². The van der Waals surface area contributed by atoms with Crippen LogP contribution in [0, 0.1) is 5.92 Å². The van der Waals surface area contributed by atoms with Gasteiger partial charge in [-0.3, -0.25) is 9.59 Å². The van der Waals surface area contributed by atoms with Gasteiger partial charge in [-0.2, -0.15) is 0 Å². The molecule has 0 saturated heterocycles. The summed E-state index contributed by atoms with van der Waals surface area (Å²) in [7, 11) is 3.87. The molecule has 2 unspecified atom stereocenters. The maximum absolute atomic E-state index is 11.1. The van der Waals surface area contributed by atoms with Crippen LogP contribution in [0.5, 0.6) is 0 Å². The molecule has 0 saturated carbocycles. The Bertz CT molecular complexity index is 282. The minimum absolute atomic E-state index is 0. The highest BCUT2D eigenvalue weighted by Crippen LogP contribution is 2.09. The average Bonchev–Trinajstić information content (AvgIpc) is 2.26. The van der Waals surface area contributed by atoms with Crippen LogP contribution in [0.15, 0.2) is 12.7 Å². The van der Waals surface area contributed by atoms with Crippen molar-refractivity contribution >= 4 is 11.9 Å². The highest BCUT2D eigenvalue weighted by Gasteiger charge is 2.30. The van der Waals surface area contributed by atoms with Crippen molar-refractivity contribution in [3.05, 3.63) is 12.7 Å². The van der Waals surface area contributed by atoms with Gasteiger partial charge in [0, 0.05) is 13.0 Å². The zero-order valence-corrected chi connectivity index (χ0v) is 12.8. The maximum atomic E-state index is 11.1. The molecule has 0 bridgehead atoms. The third-order valence-electron chi connectivity index (χ3n) is 2.92. The summed E-state index contributed by atoms with van der Waals surface area (Å²) in [6.45, 7) is 5.71. The topological polar surface area (TPSA) is 70.8 Å². The number of nitrogens with one attached hydrogen (secondary N) is 2. The van der Waals surface area contributed by atoms with Gasteiger partial charge in [0.1, 0.15) is 12.0 Å². The second kappa shape index (κ2) is 10.1. The quantitative estimate of drug-likeness (QED) is 0.403. The van der Waals surface area contributed by atoms with Gasteiger partial charge >= 0.3 is 5.97 Å². The molecule has 0 radical (unpaired) electrons. The first-order valence-corrected chi connectivity index (χ1v) is 5.87. The SMILES string of the molecule is C=CC(=O)NCCC(C(CC)C(=O)O)[NH+](C)C.[Br-]. The van der Waals surface area contributed by atoms with Crippen molar-refractivity contribution in [2.24, 2.45) is 5.92 Å². The predicted molar refractivity (Wildman–Crippen MR) is 65.8 cm³/mol. The monoisotopic (exact) mass is 322 g/mol. The number of amides is 1. The molecule has 0 spiro atoms. The van der Waals surface area contributed by atoms with Gasteiger partial charge in [0.25, 0.3) is 0 Å². The summed E-state index contributed by atoms with van der Waals surface area (Å²) in [5.41, 5.74) is 0. The molecule has 106 valence electrons. The number of hydrogen-bond acceptors (Lipinski definition) is 2. The predicted octanol–water partition coefficient (Wildman–Crippen LogP) is -3.69. The first-order chi connectivity index (χ1) is 7.93. The molecule has 0 heterocycles. The maximum Gasteiger partial charge on any atom is 0.312 e. The minimum Gasteiger partial charge on any atom is -1.00 e. The molecular weight excluding hydrogens is 300 g/mol. The van der Waals surface area contributed by atoms with Crippen molar-refractivity contribution in [3.8, 4) is 0 Å². The van der Waals surface area contributed by atoms with Gasteiger partial charge in [-0.1, -0.05) is 13.5 Å². The molecule has 5 nitrogen and oxygen atoms in total. The normalized spacial score (nSPS) is 13.3. The average molecular weight is 323 g/mol. The van der Waals surface area contributed by atoms with Crippen molar-refractivity contribution in [2.75, 3.05) is 20.6 Å². The highest BCUT2D eigenvalue weighted by atomic mass is 79.9. The van der Waals surface area contributed by atoms with E-state index in [-0.39, 0.29) is 34.8 Å². The second-order valence-corrected chi connectivity index (χ2v) is 4.32. The van der Waals surface area contributed by atoms with Gasteiger partial charge in [-0.05, 0) is 12.5 Å². The molecule has 0 rings (SSSR count). The summed E-state index contributed by atoms with van der Waals surface area (Å²) in [6, 6.07) is 0.00242.